The molecule has 0 bridgehead atoms. The van der Waals surface area contributed by atoms with E-state index in [1.54, 1.807) is 0 Å². The van der Waals surface area contributed by atoms with Crippen LogP contribution in [0, 0.1) is 0 Å². The van der Waals surface area contributed by atoms with Crippen LogP contribution >= 0.6 is 0 Å². The Balaban J connectivity index is 1.78. The Labute approximate surface area is 142 Å². The second-order valence-electron chi connectivity index (χ2n) is 8.28. The Hall–Kier alpha value is -0.683. The highest BCUT2D eigenvalue weighted by molar-refractivity contribution is 6.86. The van der Waals surface area contributed by atoms with Crippen molar-refractivity contribution in [3.8, 4) is 0 Å². The number of hydrogen-bond acceptors (Lipinski definition) is 2. The van der Waals surface area contributed by atoms with Crippen LogP contribution in [-0.2, 0) is 0 Å². The summed E-state index contributed by atoms with van der Waals surface area (Å²) in [6.45, 7) is 4.65. The molecule has 0 spiro atoms. The summed E-state index contributed by atoms with van der Waals surface area (Å²) in [6.07, 6.45) is 7.35. The van der Waals surface area contributed by atoms with Crippen LogP contribution in [0.25, 0.3) is 0 Å². The predicted octanol–water partition coefficient (Wildman–Crippen LogP) is 2.10. The summed E-state index contributed by atoms with van der Waals surface area (Å²) in [6, 6.07) is 10.6. The molecule has 1 aliphatic carbocycles. The van der Waals surface area contributed by atoms with E-state index in [1.165, 1.54) is 50.4 Å². The maximum Gasteiger partial charge on any atom is 0.237 e. The van der Waals surface area contributed by atoms with Crippen molar-refractivity contribution >= 4 is 13.5 Å². The first-order chi connectivity index (χ1) is 11.0. The highest BCUT2D eigenvalue weighted by Crippen LogP contribution is 2.36. The normalized spacial score (nSPS) is 25.9. The summed E-state index contributed by atoms with van der Waals surface area (Å²) >= 11 is 0. The number of piperazine rings is 1. The Morgan fingerprint density at radius 3 is 2.26 bits per heavy atom. The van der Waals surface area contributed by atoms with Crippen LogP contribution in [0.2, 0.25) is 5.54 Å². The van der Waals surface area contributed by atoms with Crippen molar-refractivity contribution in [2.45, 2.75) is 37.6 Å². The summed E-state index contributed by atoms with van der Waals surface area (Å²) in [4.78, 5) is 14.4. The van der Waals surface area contributed by atoms with Crippen LogP contribution in [0.1, 0.15) is 32.1 Å². The molecular formula is C19H33N2OSi+. The molecule has 1 heterocycles. The van der Waals surface area contributed by atoms with Gasteiger partial charge in [-0.3, -0.25) is 4.90 Å². The molecular weight excluding hydrogens is 300 g/mol. The van der Waals surface area contributed by atoms with E-state index in [0.29, 0.717) is 5.54 Å². The molecule has 1 aromatic rings. The topological polar surface area (TPSA) is 23.5 Å². The summed E-state index contributed by atoms with van der Waals surface area (Å²) in [5.41, 5.74) is 0.545. The average Bonchev–Trinajstić information content (AvgIpc) is 2.58. The molecule has 1 saturated heterocycles. The second kappa shape index (κ2) is 7.05. The van der Waals surface area contributed by atoms with Gasteiger partial charge in [0.2, 0.25) is 8.32 Å². The highest BCUT2D eigenvalue weighted by Gasteiger charge is 2.44. The van der Waals surface area contributed by atoms with Gasteiger partial charge in [-0.05, 0) is 10.7 Å². The average molecular weight is 334 g/mol. The third kappa shape index (κ3) is 4.05. The zero-order valence-corrected chi connectivity index (χ0v) is 15.9. The molecule has 1 N–H and O–H groups in total. The minimum absolute atomic E-state index is 0.545. The van der Waals surface area contributed by atoms with Crippen LogP contribution in [0.15, 0.2) is 30.3 Å². The standard InChI is InChI=1S/C19H33N2OSi/c1-21(2)15-13-20(14-16-21)17-23(22,18-9-5-3-6-10-18)19-11-7-4-8-12-19/h3,5-6,9-10,19,22H,4,7-8,11-17H2,1-2H3/q+1. The SMILES string of the molecule is C[N+]1(C)CCN(C[Si](O)(c2ccccc2)C2CCCCC2)CC1. The Morgan fingerprint density at radius 2 is 1.65 bits per heavy atom. The van der Waals surface area contributed by atoms with Crippen LogP contribution < -0.4 is 5.19 Å². The van der Waals surface area contributed by atoms with Gasteiger partial charge in [0.25, 0.3) is 0 Å². The zero-order valence-electron chi connectivity index (χ0n) is 14.9. The molecule has 0 amide bonds. The van der Waals surface area contributed by atoms with Crippen molar-refractivity contribution in [3.63, 3.8) is 0 Å². The molecule has 3 nitrogen and oxygen atoms in total. The second-order valence-corrected chi connectivity index (χ2v) is 11.8. The monoisotopic (exact) mass is 333 g/mol. The molecule has 1 saturated carbocycles. The third-order valence-corrected chi connectivity index (χ3v) is 10.3. The van der Waals surface area contributed by atoms with Gasteiger partial charge >= 0.3 is 0 Å². The maximum atomic E-state index is 11.9. The van der Waals surface area contributed by atoms with Crippen LogP contribution in [-0.4, -0.2) is 68.9 Å². The van der Waals surface area contributed by atoms with E-state index in [9.17, 15) is 4.80 Å². The Bertz CT molecular complexity index is 491. The Kier molecular flexibility index (Phi) is 5.26. The molecule has 0 aromatic heterocycles. The van der Waals surface area contributed by atoms with E-state index in [1.807, 2.05) is 0 Å². The van der Waals surface area contributed by atoms with Gasteiger partial charge in [-0.25, -0.2) is 0 Å². The Morgan fingerprint density at radius 1 is 1.04 bits per heavy atom. The molecule has 23 heavy (non-hydrogen) atoms. The van der Waals surface area contributed by atoms with Gasteiger partial charge in [-0.15, -0.1) is 0 Å². The van der Waals surface area contributed by atoms with Crippen molar-refractivity contribution in [2.75, 3.05) is 46.4 Å². The fourth-order valence-electron chi connectivity index (χ4n) is 4.31. The minimum atomic E-state index is -2.44. The lowest BCUT2D eigenvalue weighted by Crippen LogP contribution is -2.64. The third-order valence-electron chi connectivity index (χ3n) is 6.06. The molecule has 128 valence electrons. The zero-order chi connectivity index (χ0) is 16.3. The first kappa shape index (κ1) is 17.2. The fourth-order valence-corrected chi connectivity index (χ4v) is 8.35. The van der Waals surface area contributed by atoms with Gasteiger partial charge in [-0.1, -0.05) is 62.4 Å². The number of quaternary nitrogens is 1. The molecule has 2 fully saturated rings. The number of rotatable bonds is 4. The highest BCUT2D eigenvalue weighted by atomic mass is 28.4. The molecule has 1 unspecified atom stereocenters. The lowest BCUT2D eigenvalue weighted by Gasteiger charge is -2.44. The molecule has 2 aliphatic rings. The van der Waals surface area contributed by atoms with E-state index < -0.39 is 8.32 Å². The molecule has 0 radical (unpaired) electrons. The largest absolute Gasteiger partial charge is 0.426 e. The summed E-state index contributed by atoms with van der Waals surface area (Å²) in [5, 5.41) is 1.26. The predicted molar refractivity (Wildman–Crippen MR) is 99.2 cm³/mol. The van der Waals surface area contributed by atoms with Gasteiger partial charge < -0.3 is 9.28 Å². The maximum absolute atomic E-state index is 11.9. The minimum Gasteiger partial charge on any atom is -0.426 e. The van der Waals surface area contributed by atoms with Crippen molar-refractivity contribution in [1.29, 1.82) is 0 Å². The quantitative estimate of drug-likeness (QED) is 0.674. The molecule has 1 aromatic carbocycles. The smallest absolute Gasteiger partial charge is 0.237 e. The number of nitrogens with zero attached hydrogens (tertiary/aromatic N) is 2. The van der Waals surface area contributed by atoms with E-state index >= 15 is 0 Å². The van der Waals surface area contributed by atoms with Gasteiger partial charge in [0.15, 0.2) is 0 Å². The number of hydrogen-bond donors (Lipinski definition) is 1. The lowest BCUT2D eigenvalue weighted by atomic mass is 10.0. The van der Waals surface area contributed by atoms with Gasteiger partial charge in [0.05, 0.1) is 27.2 Å². The van der Waals surface area contributed by atoms with E-state index in [0.717, 1.165) is 23.7 Å². The molecule has 4 heteroatoms. The summed E-state index contributed by atoms with van der Waals surface area (Å²) in [5.74, 6) is 0. The van der Waals surface area contributed by atoms with Crippen molar-refractivity contribution in [3.05, 3.63) is 30.3 Å². The molecule has 1 atom stereocenters. The van der Waals surface area contributed by atoms with Crippen molar-refractivity contribution in [2.24, 2.45) is 0 Å². The van der Waals surface area contributed by atoms with E-state index in [4.69, 9.17) is 0 Å². The number of benzene rings is 1. The van der Waals surface area contributed by atoms with E-state index in [2.05, 4.69) is 49.3 Å². The lowest BCUT2D eigenvalue weighted by molar-refractivity contribution is -0.894. The molecule has 3 rings (SSSR count). The fraction of sp³-hybridized carbons (Fsp3) is 0.684. The van der Waals surface area contributed by atoms with Crippen LogP contribution in [0.5, 0.6) is 0 Å². The molecule has 1 aliphatic heterocycles. The van der Waals surface area contributed by atoms with Gasteiger partial charge in [0.1, 0.15) is 0 Å². The van der Waals surface area contributed by atoms with Crippen LogP contribution in [0.4, 0.5) is 0 Å². The van der Waals surface area contributed by atoms with Crippen molar-refractivity contribution < 1.29 is 9.28 Å². The number of likely N-dealkylation sites (N-methyl/N-ethyl adjacent to an activating group) is 1. The van der Waals surface area contributed by atoms with Crippen LogP contribution in [0.3, 0.4) is 0 Å². The summed E-state index contributed by atoms with van der Waals surface area (Å²) < 4.78 is 1.12. The van der Waals surface area contributed by atoms with Gasteiger partial charge in [0, 0.05) is 19.3 Å². The summed E-state index contributed by atoms with van der Waals surface area (Å²) in [7, 11) is 2.20. The van der Waals surface area contributed by atoms with E-state index in [-0.39, 0.29) is 0 Å². The van der Waals surface area contributed by atoms with Crippen molar-refractivity contribution in [1.82, 2.24) is 4.90 Å². The van der Waals surface area contributed by atoms with Gasteiger partial charge in [-0.2, -0.15) is 0 Å². The first-order valence-corrected chi connectivity index (χ1v) is 11.6. The first-order valence-electron chi connectivity index (χ1n) is 9.32.